The first kappa shape index (κ1) is 13.6. The van der Waals surface area contributed by atoms with Crippen LogP contribution in [-0.2, 0) is 10.9 Å². The highest BCUT2D eigenvalue weighted by atomic mass is 32.2. The van der Waals surface area contributed by atoms with Gasteiger partial charge in [0.1, 0.15) is 11.0 Å². The highest BCUT2D eigenvalue weighted by Gasteiger charge is 2.36. The van der Waals surface area contributed by atoms with Crippen LogP contribution < -0.4 is 0 Å². The van der Waals surface area contributed by atoms with Crippen LogP contribution in [0.5, 0.6) is 5.75 Å². The van der Waals surface area contributed by atoms with Gasteiger partial charge in [0, 0.05) is 0 Å². The number of benzene rings is 2. The summed E-state index contributed by atoms with van der Waals surface area (Å²) in [6.45, 7) is 0. The minimum Gasteiger partial charge on any atom is -0.508 e. The number of phenolic OH excluding ortho intramolecular Hbond substituents is 1. The Morgan fingerprint density at radius 2 is 1.35 bits per heavy atom. The van der Waals surface area contributed by atoms with Crippen molar-refractivity contribution < 1.29 is 5.11 Å². The van der Waals surface area contributed by atoms with Gasteiger partial charge in [0.25, 0.3) is 0 Å². The van der Waals surface area contributed by atoms with Crippen molar-refractivity contribution in [3.63, 3.8) is 0 Å². The predicted molar refractivity (Wildman–Crippen MR) is 85.3 cm³/mol. The van der Waals surface area contributed by atoms with E-state index in [1.54, 1.807) is 0 Å². The van der Waals surface area contributed by atoms with Gasteiger partial charge in [-0.1, -0.05) is 24.6 Å². The molecule has 0 amide bonds. The first-order valence-electron chi connectivity index (χ1n) is 7.42. The van der Waals surface area contributed by atoms with E-state index < -0.39 is 0 Å². The van der Waals surface area contributed by atoms with Gasteiger partial charge >= 0.3 is 0 Å². The molecule has 2 heteroatoms. The molecule has 0 bridgehead atoms. The molecule has 1 unspecified atom stereocenters. The molecule has 1 N–H and O–H groups in total. The van der Waals surface area contributed by atoms with Crippen molar-refractivity contribution in [1.29, 1.82) is 0 Å². The molecule has 1 aliphatic carbocycles. The average Bonchev–Trinajstić information content (AvgIpc) is 2.52. The Hall–Kier alpha value is -1.41. The fourth-order valence-electron chi connectivity index (χ4n) is 2.98. The molecule has 0 aliphatic heterocycles. The number of hydrogen-bond acceptors (Lipinski definition) is 1. The van der Waals surface area contributed by atoms with Crippen LogP contribution in [0.3, 0.4) is 0 Å². The third-order valence-electron chi connectivity index (χ3n) is 3.97. The highest BCUT2D eigenvalue weighted by molar-refractivity contribution is 7.97. The van der Waals surface area contributed by atoms with Gasteiger partial charge < -0.3 is 5.11 Å². The lowest BCUT2D eigenvalue weighted by Crippen LogP contribution is -2.24. The minimum absolute atomic E-state index is 0.143. The lowest BCUT2D eigenvalue weighted by Gasteiger charge is -2.22. The maximum Gasteiger partial charge on any atom is 0.161 e. The van der Waals surface area contributed by atoms with Crippen molar-refractivity contribution in [2.24, 2.45) is 0 Å². The van der Waals surface area contributed by atoms with Crippen molar-refractivity contribution in [3.05, 3.63) is 54.6 Å². The first-order chi connectivity index (χ1) is 9.84. The Labute approximate surface area is 124 Å². The van der Waals surface area contributed by atoms with Crippen LogP contribution >= 0.6 is 0 Å². The van der Waals surface area contributed by atoms with E-state index in [0.717, 1.165) is 5.25 Å². The molecule has 2 aromatic rings. The van der Waals surface area contributed by atoms with E-state index in [1.165, 1.54) is 41.9 Å². The second-order valence-electron chi connectivity index (χ2n) is 5.40. The van der Waals surface area contributed by atoms with Crippen molar-refractivity contribution >= 4 is 10.9 Å². The summed E-state index contributed by atoms with van der Waals surface area (Å²) in [4.78, 5) is 2.80. The summed E-state index contributed by atoms with van der Waals surface area (Å²) in [5, 5.41) is 10.3. The predicted octanol–water partition coefficient (Wildman–Crippen LogP) is 4.76. The first-order valence-corrected chi connectivity index (χ1v) is 8.70. The van der Waals surface area contributed by atoms with Crippen LogP contribution in [0.25, 0.3) is 0 Å². The molecule has 1 fully saturated rings. The van der Waals surface area contributed by atoms with Crippen LogP contribution in [0.15, 0.2) is 64.4 Å². The fourth-order valence-corrected chi connectivity index (χ4v) is 5.71. The van der Waals surface area contributed by atoms with Gasteiger partial charge in [-0.15, -0.1) is 0 Å². The molecule has 3 rings (SSSR count). The maximum absolute atomic E-state index is 9.52. The summed E-state index contributed by atoms with van der Waals surface area (Å²) >= 11 is 0. The van der Waals surface area contributed by atoms with Crippen LogP contribution in [-0.4, -0.2) is 10.4 Å². The molecule has 0 spiro atoms. The summed E-state index contributed by atoms with van der Waals surface area (Å²) in [6, 6.07) is 18.7. The van der Waals surface area contributed by atoms with Gasteiger partial charge in [0.2, 0.25) is 0 Å². The normalized spacial score (nSPS) is 17.8. The molecule has 0 heterocycles. The molecule has 1 atom stereocenters. The highest BCUT2D eigenvalue weighted by Crippen LogP contribution is 2.35. The molecule has 0 radical (unpaired) electrons. The quantitative estimate of drug-likeness (QED) is 0.806. The molecule has 104 valence electrons. The van der Waals surface area contributed by atoms with Gasteiger partial charge in [0.15, 0.2) is 9.79 Å². The van der Waals surface area contributed by atoms with Gasteiger partial charge in [-0.05, 0) is 62.1 Å². The Morgan fingerprint density at radius 3 is 2.00 bits per heavy atom. The molecular formula is C18H21OS+. The molecule has 2 aromatic carbocycles. The lowest BCUT2D eigenvalue weighted by molar-refractivity contribution is 0.475. The Balaban J connectivity index is 1.96. The Kier molecular flexibility index (Phi) is 4.31. The second kappa shape index (κ2) is 6.36. The number of hydrogen-bond donors (Lipinski definition) is 1. The summed E-state index contributed by atoms with van der Waals surface area (Å²) in [5.74, 6) is 0.356. The maximum atomic E-state index is 9.52. The lowest BCUT2D eigenvalue weighted by atomic mass is 10.0. The van der Waals surface area contributed by atoms with Crippen molar-refractivity contribution in [1.82, 2.24) is 0 Å². The van der Waals surface area contributed by atoms with E-state index in [0.29, 0.717) is 5.75 Å². The number of rotatable bonds is 3. The second-order valence-corrected chi connectivity index (χ2v) is 7.69. The van der Waals surface area contributed by atoms with Crippen molar-refractivity contribution in [2.45, 2.75) is 47.1 Å². The topological polar surface area (TPSA) is 20.2 Å². The third-order valence-corrected chi connectivity index (χ3v) is 6.67. The molecule has 1 saturated carbocycles. The SMILES string of the molecule is Oc1ccc([S+](c2ccccc2)C2CCCCC2)cc1. The molecular weight excluding hydrogens is 264 g/mol. The molecule has 0 aromatic heterocycles. The largest absolute Gasteiger partial charge is 0.508 e. The van der Waals surface area contributed by atoms with Crippen LogP contribution in [0, 0.1) is 0 Å². The summed E-state index contributed by atoms with van der Waals surface area (Å²) in [6.07, 6.45) is 6.77. The van der Waals surface area contributed by atoms with E-state index in [4.69, 9.17) is 0 Å². The van der Waals surface area contributed by atoms with E-state index in [1.807, 2.05) is 12.1 Å². The average molecular weight is 285 g/mol. The zero-order valence-electron chi connectivity index (χ0n) is 11.7. The molecule has 1 aliphatic rings. The van der Waals surface area contributed by atoms with Gasteiger partial charge in [-0.2, -0.15) is 0 Å². The van der Waals surface area contributed by atoms with Crippen LogP contribution in [0.1, 0.15) is 32.1 Å². The van der Waals surface area contributed by atoms with Crippen molar-refractivity contribution in [2.75, 3.05) is 0 Å². The monoisotopic (exact) mass is 285 g/mol. The molecule has 20 heavy (non-hydrogen) atoms. The summed E-state index contributed by atoms with van der Waals surface area (Å²) in [5.41, 5.74) is 0. The third kappa shape index (κ3) is 3.01. The Morgan fingerprint density at radius 1 is 0.750 bits per heavy atom. The molecule has 0 saturated heterocycles. The van der Waals surface area contributed by atoms with Gasteiger partial charge in [0.05, 0.1) is 10.9 Å². The van der Waals surface area contributed by atoms with Gasteiger partial charge in [-0.3, -0.25) is 0 Å². The minimum atomic E-state index is 0.143. The van der Waals surface area contributed by atoms with E-state index >= 15 is 0 Å². The zero-order chi connectivity index (χ0) is 13.8. The van der Waals surface area contributed by atoms with Crippen molar-refractivity contribution in [3.8, 4) is 5.75 Å². The number of phenols is 1. The standard InChI is InChI=1S/C18H20OS/c19-15-11-13-18(14-12-15)20(16-7-3-1-4-8-16)17-9-5-2-6-10-17/h1,3-4,7-8,11-14,17H,2,5-6,9-10H2/p+1. The van der Waals surface area contributed by atoms with E-state index in [-0.39, 0.29) is 10.9 Å². The summed E-state index contributed by atoms with van der Waals surface area (Å²) < 4.78 is 0. The zero-order valence-corrected chi connectivity index (χ0v) is 12.5. The number of aromatic hydroxyl groups is 1. The fraction of sp³-hybridized carbons (Fsp3) is 0.333. The molecule has 1 nitrogen and oxygen atoms in total. The van der Waals surface area contributed by atoms with Gasteiger partial charge in [-0.25, -0.2) is 0 Å². The Bertz CT molecular complexity index is 529. The van der Waals surface area contributed by atoms with Crippen LogP contribution in [0.4, 0.5) is 0 Å². The van der Waals surface area contributed by atoms with E-state index in [2.05, 4.69) is 42.5 Å². The van der Waals surface area contributed by atoms with Crippen LogP contribution in [0.2, 0.25) is 0 Å². The summed E-state index contributed by atoms with van der Waals surface area (Å²) in [7, 11) is 0.143. The smallest absolute Gasteiger partial charge is 0.161 e. The van der Waals surface area contributed by atoms with E-state index in [9.17, 15) is 5.11 Å².